The number of hydrogen-bond donors (Lipinski definition) is 8. The predicted octanol–water partition coefficient (Wildman–Crippen LogP) is 9.36. The molecule has 4 aromatic rings. The van der Waals surface area contributed by atoms with E-state index in [9.17, 15) is 30.6 Å². The van der Waals surface area contributed by atoms with Crippen LogP contribution in [0.4, 0.5) is 0 Å². The summed E-state index contributed by atoms with van der Waals surface area (Å²) in [6, 6.07) is 11.0. The van der Waals surface area contributed by atoms with E-state index in [2.05, 4.69) is 26.1 Å². The van der Waals surface area contributed by atoms with Crippen molar-refractivity contribution in [3.05, 3.63) is 87.4 Å². The van der Waals surface area contributed by atoms with Crippen molar-refractivity contribution in [1.29, 1.82) is 0 Å². The zero-order chi connectivity index (χ0) is 43.9. The largest absolute Gasteiger partial charge is 0.512 e. The summed E-state index contributed by atoms with van der Waals surface area (Å²) in [7, 11) is 3.10. The zero-order valence-electron chi connectivity index (χ0n) is 36.9. The van der Waals surface area contributed by atoms with E-state index < -0.39 is 29.5 Å². The Morgan fingerprint density at radius 1 is 0.850 bits per heavy atom. The number of aliphatic hydroxyl groups excluding tert-OH is 3. The molecule has 0 radical (unpaired) electrons. The Bertz CT molecular complexity index is 2460. The lowest BCUT2D eigenvalue weighted by atomic mass is 9.60. The molecular formula is C50H64N2O8. The van der Waals surface area contributed by atoms with Crippen LogP contribution in [-0.4, -0.2) is 74.7 Å². The number of nitrogens with one attached hydrogen (secondary N) is 1. The first-order chi connectivity index (χ1) is 28.3. The number of aromatic hydroxyl groups is 2. The number of aliphatic hydroxyl groups is 4. The van der Waals surface area contributed by atoms with Gasteiger partial charge in [-0.3, -0.25) is 0 Å². The molecule has 9 N–H and O–H groups in total. The maximum Gasteiger partial charge on any atom is 0.135 e. The Morgan fingerprint density at radius 2 is 1.42 bits per heavy atom. The van der Waals surface area contributed by atoms with Gasteiger partial charge in [0.2, 0.25) is 0 Å². The fraction of sp³-hybridized carbons (Fsp3) is 0.480. The Labute approximate surface area is 354 Å². The van der Waals surface area contributed by atoms with Gasteiger partial charge in [-0.2, -0.15) is 0 Å². The number of fused-ring (bicyclic) bond motifs is 2. The lowest BCUT2D eigenvalue weighted by Gasteiger charge is -2.51. The summed E-state index contributed by atoms with van der Waals surface area (Å²) in [5.74, 6) is -1.33. The van der Waals surface area contributed by atoms with E-state index >= 15 is 0 Å². The van der Waals surface area contributed by atoms with Gasteiger partial charge in [0.05, 0.1) is 42.5 Å². The van der Waals surface area contributed by atoms with Crippen LogP contribution in [0.25, 0.3) is 38.2 Å². The van der Waals surface area contributed by atoms with Gasteiger partial charge in [0.1, 0.15) is 28.8 Å². The number of aryl methyl sites for hydroxylation is 2. The molecule has 0 bridgehead atoms. The van der Waals surface area contributed by atoms with Gasteiger partial charge in [-0.05, 0) is 129 Å². The fourth-order valence-electron chi connectivity index (χ4n) is 11.1. The first-order valence-electron chi connectivity index (χ1n) is 21.4. The second-order valence-corrected chi connectivity index (χ2v) is 18.4. The Kier molecular flexibility index (Phi) is 11.5. The summed E-state index contributed by atoms with van der Waals surface area (Å²) < 4.78 is 12.0. The van der Waals surface area contributed by atoms with E-state index in [4.69, 9.17) is 15.2 Å². The first kappa shape index (κ1) is 43.4. The van der Waals surface area contributed by atoms with Crippen LogP contribution in [-0.2, 0) is 0 Å². The van der Waals surface area contributed by atoms with Crippen LogP contribution in [0.1, 0.15) is 95.9 Å². The predicted molar refractivity (Wildman–Crippen MR) is 240 cm³/mol. The molecule has 0 spiro atoms. The van der Waals surface area contributed by atoms with Crippen LogP contribution in [0, 0.1) is 37.5 Å². The summed E-state index contributed by atoms with van der Waals surface area (Å²) in [5, 5.41) is 79.0. The van der Waals surface area contributed by atoms with Crippen LogP contribution in [0.15, 0.2) is 65.1 Å². The van der Waals surface area contributed by atoms with E-state index in [0.29, 0.717) is 62.6 Å². The lowest BCUT2D eigenvalue weighted by Crippen LogP contribution is -2.56. The average molecular weight is 821 g/mol. The van der Waals surface area contributed by atoms with Crippen molar-refractivity contribution in [2.75, 3.05) is 14.2 Å². The van der Waals surface area contributed by atoms with Crippen LogP contribution >= 0.6 is 0 Å². The minimum Gasteiger partial charge on any atom is -0.512 e. The number of rotatable bonds is 9. The maximum absolute atomic E-state index is 12.7. The van der Waals surface area contributed by atoms with Crippen LogP contribution in [0.3, 0.4) is 0 Å². The third-order valence-corrected chi connectivity index (χ3v) is 14.1. The number of allylic oxidation sites excluding steroid dienone is 3. The van der Waals surface area contributed by atoms with Gasteiger partial charge in [0.15, 0.2) is 0 Å². The third kappa shape index (κ3) is 6.89. The van der Waals surface area contributed by atoms with Crippen molar-refractivity contribution in [1.82, 2.24) is 5.32 Å². The highest BCUT2D eigenvalue weighted by Gasteiger charge is 2.52. The van der Waals surface area contributed by atoms with E-state index in [-0.39, 0.29) is 64.1 Å². The summed E-state index contributed by atoms with van der Waals surface area (Å²) >= 11 is 0. The number of phenolic OH excluding ortho intramolecular Hbond substituents is 2. The summed E-state index contributed by atoms with van der Waals surface area (Å²) in [4.78, 5) is 0. The second kappa shape index (κ2) is 15.9. The highest BCUT2D eigenvalue weighted by Crippen LogP contribution is 2.57. The molecule has 322 valence electrons. The molecule has 4 aromatic carbocycles. The lowest BCUT2D eigenvalue weighted by molar-refractivity contribution is -0.0668. The molecule has 60 heavy (non-hydrogen) atoms. The normalized spacial score (nSPS) is 28.2. The standard InChI is InChI=1S/C50H64N2O8/c1-12-24(4)41-35(17-25(5)51)43(38(54)21-37(41)53)31-19-33(48(56)44-29(31)13-22(2)15-39(44)59-10)34-20-32(30-14-23(3)16-40(60-11)45(30)49(34)57)46-36-18-26(6)52-28(8)42(36)47(55)27(7)50(46,9)58/h13-16,19-21,24-28,35,41,46-47,52-58H,12,17-18,51H2,1-11H3/t24-,25+,26+,27?,28+,35?,41?,46-,47-,50-/m0/s1. The molecule has 3 unspecified atom stereocenters. The Hall–Kier alpha value is -4.74. The van der Waals surface area contributed by atoms with E-state index in [0.717, 1.165) is 28.7 Å². The number of phenols is 2. The Balaban J connectivity index is 1.65. The van der Waals surface area contributed by atoms with Gasteiger partial charge in [0.25, 0.3) is 0 Å². The number of hydrogen-bond acceptors (Lipinski definition) is 10. The first-order valence-corrected chi connectivity index (χ1v) is 21.4. The average Bonchev–Trinajstić information content (AvgIpc) is 3.17. The topological polar surface area (TPSA) is 178 Å². The number of methoxy groups -OCH3 is 2. The highest BCUT2D eigenvalue weighted by molar-refractivity contribution is 6.09. The van der Waals surface area contributed by atoms with Crippen molar-refractivity contribution in [2.45, 2.75) is 117 Å². The van der Waals surface area contributed by atoms with Crippen LogP contribution < -0.4 is 20.5 Å². The smallest absolute Gasteiger partial charge is 0.135 e. The number of benzene rings is 4. The van der Waals surface area contributed by atoms with Crippen LogP contribution in [0.2, 0.25) is 0 Å². The van der Waals surface area contributed by atoms with E-state index in [1.807, 2.05) is 71.0 Å². The fourth-order valence-corrected chi connectivity index (χ4v) is 11.1. The minimum atomic E-state index is -1.44. The van der Waals surface area contributed by atoms with Crippen molar-refractivity contribution in [3.8, 4) is 34.1 Å². The molecule has 0 amide bonds. The molecule has 10 atom stereocenters. The van der Waals surface area contributed by atoms with Crippen LogP contribution in [0.5, 0.6) is 23.0 Å². The molecule has 0 aromatic heterocycles. The van der Waals surface area contributed by atoms with Crippen molar-refractivity contribution in [3.63, 3.8) is 0 Å². The molecule has 7 rings (SSSR count). The monoisotopic (exact) mass is 820 g/mol. The van der Waals surface area contributed by atoms with Gasteiger partial charge >= 0.3 is 0 Å². The molecule has 1 aliphatic heterocycles. The van der Waals surface area contributed by atoms with Gasteiger partial charge in [-0.25, -0.2) is 0 Å². The van der Waals surface area contributed by atoms with Gasteiger partial charge in [-0.1, -0.05) is 44.9 Å². The minimum absolute atomic E-state index is 0.0408. The molecule has 0 saturated carbocycles. The maximum atomic E-state index is 12.7. The molecule has 3 aliphatic rings. The van der Waals surface area contributed by atoms with Crippen molar-refractivity contribution >= 4 is 27.1 Å². The molecule has 0 fully saturated rings. The molecule has 1 heterocycles. The summed E-state index contributed by atoms with van der Waals surface area (Å²) in [5.41, 5.74) is 11.1. The SMILES string of the molecule is CC[C@H](C)C1C(O)=CC(O)=C(c2cc(-c3cc([C@H]4C5=C([C@@H](O)C(C)[C@]4(C)O)[C@@H](C)N[C@H](C)C5)c4cc(C)cc(OC)c4c3O)c(O)c3c(OC)cc(C)cc23)C1C[C@@H](C)N. The number of nitrogens with two attached hydrogens (primary N) is 1. The second-order valence-electron chi connectivity index (χ2n) is 18.4. The van der Waals surface area contributed by atoms with Gasteiger partial charge in [0, 0.05) is 58.7 Å². The van der Waals surface area contributed by atoms with Gasteiger partial charge < -0.3 is 51.2 Å². The molecule has 0 saturated heterocycles. The summed E-state index contributed by atoms with van der Waals surface area (Å²) in [6.45, 7) is 17.8. The number of ether oxygens (including phenoxy) is 2. The van der Waals surface area contributed by atoms with E-state index in [1.165, 1.54) is 6.08 Å². The molecule has 10 nitrogen and oxygen atoms in total. The Morgan fingerprint density at radius 3 is 1.98 bits per heavy atom. The van der Waals surface area contributed by atoms with Crippen molar-refractivity contribution < 1.29 is 40.1 Å². The summed E-state index contributed by atoms with van der Waals surface area (Å²) in [6.07, 6.45) is 2.37. The quantitative estimate of drug-likeness (QED) is 0.0759. The molecular weight excluding hydrogens is 757 g/mol. The van der Waals surface area contributed by atoms with Crippen molar-refractivity contribution in [2.24, 2.45) is 29.4 Å². The zero-order valence-corrected chi connectivity index (χ0v) is 36.9. The van der Waals surface area contributed by atoms with Gasteiger partial charge in [-0.15, -0.1) is 0 Å². The molecule has 2 aliphatic carbocycles. The van der Waals surface area contributed by atoms with E-state index in [1.54, 1.807) is 21.1 Å². The third-order valence-electron chi connectivity index (χ3n) is 14.1. The molecule has 10 heteroatoms. The highest BCUT2D eigenvalue weighted by atomic mass is 16.5.